The van der Waals surface area contributed by atoms with Crippen LogP contribution in [0.1, 0.15) is 13.3 Å². The van der Waals surface area contributed by atoms with Crippen molar-refractivity contribution in [3.8, 4) is 5.75 Å². The van der Waals surface area contributed by atoms with Crippen molar-refractivity contribution >= 4 is 37.6 Å². The van der Waals surface area contributed by atoms with Crippen LogP contribution in [0.5, 0.6) is 5.75 Å². The van der Waals surface area contributed by atoms with Crippen LogP contribution < -0.4 is 10.5 Å². The fraction of sp³-hybridized carbons (Fsp3) is 0.538. The molecule has 21 heavy (non-hydrogen) atoms. The van der Waals surface area contributed by atoms with Crippen LogP contribution in [0.3, 0.4) is 0 Å². The summed E-state index contributed by atoms with van der Waals surface area (Å²) in [4.78, 5) is 0.0747. The van der Waals surface area contributed by atoms with E-state index in [0.717, 1.165) is 6.42 Å². The Morgan fingerprint density at radius 3 is 2.71 bits per heavy atom. The van der Waals surface area contributed by atoms with Crippen molar-refractivity contribution in [2.24, 2.45) is 11.1 Å². The summed E-state index contributed by atoms with van der Waals surface area (Å²) in [6.45, 7) is 3.30. The molecule has 2 rings (SSSR count). The van der Waals surface area contributed by atoms with E-state index in [9.17, 15) is 8.42 Å². The van der Waals surface area contributed by atoms with E-state index in [1.54, 1.807) is 6.07 Å². The van der Waals surface area contributed by atoms with Crippen molar-refractivity contribution in [3.63, 3.8) is 0 Å². The molecule has 1 aromatic carbocycles. The third-order valence-corrected chi connectivity index (χ3v) is 6.47. The minimum atomic E-state index is -3.67. The van der Waals surface area contributed by atoms with Gasteiger partial charge in [-0.15, -0.1) is 0 Å². The molecule has 0 amide bonds. The first-order valence-electron chi connectivity index (χ1n) is 6.47. The van der Waals surface area contributed by atoms with Crippen LogP contribution in [0.15, 0.2) is 21.5 Å². The van der Waals surface area contributed by atoms with Gasteiger partial charge in [0.25, 0.3) is 0 Å². The largest absolute Gasteiger partial charge is 0.494 e. The van der Waals surface area contributed by atoms with Gasteiger partial charge in [-0.25, -0.2) is 8.42 Å². The fourth-order valence-corrected chi connectivity index (χ4v) is 5.38. The predicted molar refractivity (Wildman–Crippen MR) is 86.2 cm³/mol. The third kappa shape index (κ3) is 3.22. The Bertz CT molecular complexity index is 653. The lowest BCUT2D eigenvalue weighted by molar-refractivity contribution is 0.348. The average molecular weight is 398 g/mol. The molecule has 0 aliphatic carbocycles. The molecule has 1 atom stereocenters. The van der Waals surface area contributed by atoms with E-state index in [1.165, 1.54) is 17.5 Å². The molecule has 1 heterocycles. The first-order valence-corrected chi connectivity index (χ1v) is 9.08. The van der Waals surface area contributed by atoms with Gasteiger partial charge in [-0.1, -0.05) is 18.5 Å². The highest BCUT2D eigenvalue weighted by Gasteiger charge is 2.40. The lowest BCUT2D eigenvalue weighted by Gasteiger charge is -2.23. The molecule has 1 unspecified atom stereocenters. The summed E-state index contributed by atoms with van der Waals surface area (Å²) in [5.74, 6) is 0.265. The lowest BCUT2D eigenvalue weighted by atomic mass is 9.90. The molecule has 1 aliphatic rings. The van der Waals surface area contributed by atoms with E-state index < -0.39 is 10.0 Å². The van der Waals surface area contributed by atoms with Crippen LogP contribution in [0.2, 0.25) is 5.02 Å². The molecule has 1 aliphatic heterocycles. The molecule has 0 aromatic heterocycles. The maximum absolute atomic E-state index is 12.8. The normalized spacial score (nSPS) is 23.5. The highest BCUT2D eigenvalue weighted by atomic mass is 79.9. The molecule has 1 saturated heterocycles. The molecule has 8 heteroatoms. The van der Waals surface area contributed by atoms with E-state index in [-0.39, 0.29) is 16.1 Å². The number of ether oxygens (including phenoxy) is 1. The second-order valence-corrected chi connectivity index (χ2v) is 8.72. The quantitative estimate of drug-likeness (QED) is 0.847. The third-order valence-electron chi connectivity index (χ3n) is 3.81. The van der Waals surface area contributed by atoms with Crippen molar-refractivity contribution in [2.75, 3.05) is 26.7 Å². The molecule has 2 N–H and O–H groups in total. The van der Waals surface area contributed by atoms with Gasteiger partial charge in [0.1, 0.15) is 4.90 Å². The van der Waals surface area contributed by atoms with Gasteiger partial charge in [0.15, 0.2) is 5.75 Å². The van der Waals surface area contributed by atoms with Gasteiger partial charge in [0.2, 0.25) is 10.0 Å². The summed E-state index contributed by atoms with van der Waals surface area (Å²) in [5, 5.41) is 0.335. The number of nitrogens with two attached hydrogens (primary N) is 1. The van der Waals surface area contributed by atoms with E-state index >= 15 is 0 Å². The van der Waals surface area contributed by atoms with Gasteiger partial charge in [-0.2, -0.15) is 4.31 Å². The Kier molecular flexibility index (Phi) is 4.90. The standard InChI is InChI=1S/C13H18BrClN2O3S/c1-13(7-16)3-4-17(8-13)21(18,19)11-6-9(15)5-10(14)12(11)20-2/h5-6H,3-4,7-8,16H2,1-2H3. The number of hydrogen-bond donors (Lipinski definition) is 1. The van der Waals surface area contributed by atoms with Gasteiger partial charge in [-0.3, -0.25) is 0 Å². The van der Waals surface area contributed by atoms with Crippen LogP contribution in [0, 0.1) is 5.41 Å². The van der Waals surface area contributed by atoms with Crippen molar-refractivity contribution in [1.29, 1.82) is 0 Å². The Balaban J connectivity index is 2.46. The number of benzene rings is 1. The SMILES string of the molecule is COc1c(Br)cc(Cl)cc1S(=O)(=O)N1CCC(C)(CN)C1. The topological polar surface area (TPSA) is 72.6 Å². The highest BCUT2D eigenvalue weighted by molar-refractivity contribution is 9.10. The minimum absolute atomic E-state index is 0.0747. The number of methoxy groups -OCH3 is 1. The minimum Gasteiger partial charge on any atom is -0.494 e. The number of nitrogens with zero attached hydrogens (tertiary/aromatic N) is 1. The highest BCUT2D eigenvalue weighted by Crippen LogP contribution is 2.39. The van der Waals surface area contributed by atoms with Crippen LogP contribution in [0.4, 0.5) is 0 Å². The second kappa shape index (κ2) is 6.04. The van der Waals surface area contributed by atoms with Crippen molar-refractivity contribution < 1.29 is 13.2 Å². The Hall–Kier alpha value is -0.340. The van der Waals surface area contributed by atoms with Crippen LogP contribution >= 0.6 is 27.5 Å². The van der Waals surface area contributed by atoms with Gasteiger partial charge in [-0.05, 0) is 46.4 Å². The maximum Gasteiger partial charge on any atom is 0.246 e. The van der Waals surface area contributed by atoms with Crippen LogP contribution in [0.25, 0.3) is 0 Å². The van der Waals surface area contributed by atoms with E-state index in [2.05, 4.69) is 15.9 Å². The van der Waals surface area contributed by atoms with Crippen LogP contribution in [-0.4, -0.2) is 39.5 Å². The zero-order valence-corrected chi connectivity index (χ0v) is 15.1. The smallest absolute Gasteiger partial charge is 0.246 e. The van der Waals surface area contributed by atoms with Gasteiger partial charge in [0, 0.05) is 18.1 Å². The zero-order valence-electron chi connectivity index (χ0n) is 11.9. The molecule has 1 aromatic rings. The van der Waals surface area contributed by atoms with E-state index in [4.69, 9.17) is 22.1 Å². The summed E-state index contributed by atoms with van der Waals surface area (Å²) >= 11 is 9.27. The van der Waals surface area contributed by atoms with Gasteiger partial charge >= 0.3 is 0 Å². The van der Waals surface area contributed by atoms with Gasteiger partial charge in [0.05, 0.1) is 11.6 Å². The monoisotopic (exact) mass is 396 g/mol. The number of sulfonamides is 1. The summed E-state index contributed by atoms with van der Waals surface area (Å²) in [5.41, 5.74) is 5.56. The van der Waals surface area contributed by atoms with Crippen molar-refractivity contribution in [3.05, 3.63) is 21.6 Å². The Morgan fingerprint density at radius 2 is 2.19 bits per heavy atom. The average Bonchev–Trinajstić information content (AvgIpc) is 2.82. The molecular formula is C13H18BrClN2O3S. The molecule has 118 valence electrons. The van der Waals surface area contributed by atoms with E-state index in [1.807, 2.05) is 6.92 Å². The molecule has 0 saturated carbocycles. The molecular weight excluding hydrogens is 380 g/mol. The number of hydrogen-bond acceptors (Lipinski definition) is 4. The first-order chi connectivity index (χ1) is 9.73. The molecule has 5 nitrogen and oxygen atoms in total. The number of halogens is 2. The van der Waals surface area contributed by atoms with Crippen LogP contribution in [-0.2, 0) is 10.0 Å². The molecule has 1 fully saturated rings. The van der Waals surface area contributed by atoms with Gasteiger partial charge < -0.3 is 10.5 Å². The summed E-state index contributed by atoms with van der Waals surface area (Å²) in [6, 6.07) is 3.02. The predicted octanol–water partition coefficient (Wildman–Crippen LogP) is 2.47. The van der Waals surface area contributed by atoms with Crippen molar-refractivity contribution in [2.45, 2.75) is 18.2 Å². The van der Waals surface area contributed by atoms with Crippen molar-refractivity contribution in [1.82, 2.24) is 4.31 Å². The first kappa shape index (κ1) is 17.0. The second-order valence-electron chi connectivity index (χ2n) is 5.52. The van der Waals surface area contributed by atoms with E-state index in [0.29, 0.717) is 29.1 Å². The zero-order chi connectivity index (χ0) is 15.8. The molecule has 0 bridgehead atoms. The molecule has 0 radical (unpaired) electrons. The summed E-state index contributed by atoms with van der Waals surface area (Å²) in [6.07, 6.45) is 0.743. The maximum atomic E-state index is 12.8. The Labute approximate surface area is 138 Å². The molecule has 0 spiro atoms. The summed E-state index contributed by atoms with van der Waals surface area (Å²) in [7, 11) is -2.24. The fourth-order valence-electron chi connectivity index (χ4n) is 2.42. The number of rotatable bonds is 4. The lowest BCUT2D eigenvalue weighted by Crippen LogP contribution is -2.34. The summed E-state index contributed by atoms with van der Waals surface area (Å²) < 4.78 is 32.9. The Morgan fingerprint density at radius 1 is 1.52 bits per heavy atom.